The minimum absolute atomic E-state index is 0.0150. The van der Waals surface area contributed by atoms with Crippen LogP contribution in [0.4, 0.5) is 5.69 Å². The highest BCUT2D eigenvalue weighted by Gasteiger charge is 2.27. The predicted molar refractivity (Wildman–Crippen MR) is 122 cm³/mol. The molecular weight excluding hydrogens is 394 g/mol. The van der Waals surface area contributed by atoms with Crippen LogP contribution in [0, 0.1) is 5.92 Å². The van der Waals surface area contributed by atoms with Crippen molar-refractivity contribution in [1.29, 1.82) is 0 Å². The van der Waals surface area contributed by atoms with Crippen LogP contribution in [-0.4, -0.2) is 37.5 Å². The van der Waals surface area contributed by atoms with Gasteiger partial charge in [-0.15, -0.1) is 11.3 Å². The second kappa shape index (κ2) is 10.1. The highest BCUT2D eigenvalue weighted by molar-refractivity contribution is 7.09. The quantitative estimate of drug-likeness (QED) is 0.705. The second-order valence-electron chi connectivity index (χ2n) is 8.35. The van der Waals surface area contributed by atoms with Crippen molar-refractivity contribution in [2.75, 3.05) is 24.5 Å². The summed E-state index contributed by atoms with van der Waals surface area (Å²) < 4.78 is 0. The SMILES string of the molecule is O=C(NCCc1cccs1)c1ccccc1N1CCC(NC(=O)C2CCCC2)CC1. The first-order valence-corrected chi connectivity index (χ1v) is 12.0. The number of nitrogens with zero attached hydrogens (tertiary/aromatic N) is 1. The predicted octanol–water partition coefficient (Wildman–Crippen LogP) is 4.00. The van der Waals surface area contributed by atoms with Crippen LogP contribution in [0.25, 0.3) is 0 Å². The van der Waals surface area contributed by atoms with Crippen LogP contribution >= 0.6 is 11.3 Å². The number of amides is 2. The van der Waals surface area contributed by atoms with Gasteiger partial charge in [-0.3, -0.25) is 9.59 Å². The van der Waals surface area contributed by atoms with Crippen molar-refractivity contribution >= 4 is 28.8 Å². The molecule has 1 aliphatic heterocycles. The van der Waals surface area contributed by atoms with Crippen LogP contribution in [0.3, 0.4) is 0 Å². The number of carbonyl (C=O) groups excluding carboxylic acids is 2. The molecule has 0 spiro atoms. The van der Waals surface area contributed by atoms with Gasteiger partial charge < -0.3 is 15.5 Å². The molecule has 5 nitrogen and oxygen atoms in total. The van der Waals surface area contributed by atoms with E-state index in [4.69, 9.17) is 0 Å². The summed E-state index contributed by atoms with van der Waals surface area (Å²) >= 11 is 1.72. The zero-order chi connectivity index (χ0) is 20.8. The molecule has 30 heavy (non-hydrogen) atoms. The third-order valence-corrected chi connectivity index (χ3v) is 7.23. The minimum atomic E-state index is -0.0150. The van der Waals surface area contributed by atoms with Gasteiger partial charge in [-0.1, -0.05) is 31.0 Å². The van der Waals surface area contributed by atoms with Crippen molar-refractivity contribution in [2.24, 2.45) is 5.92 Å². The Hall–Kier alpha value is -2.34. The van der Waals surface area contributed by atoms with Gasteiger partial charge in [-0.25, -0.2) is 0 Å². The van der Waals surface area contributed by atoms with Crippen molar-refractivity contribution in [3.8, 4) is 0 Å². The van der Waals surface area contributed by atoms with Crippen LogP contribution in [0.2, 0.25) is 0 Å². The highest BCUT2D eigenvalue weighted by atomic mass is 32.1. The van der Waals surface area contributed by atoms with E-state index in [1.807, 2.05) is 30.3 Å². The molecule has 4 rings (SSSR count). The van der Waals surface area contributed by atoms with Gasteiger partial charge >= 0.3 is 0 Å². The van der Waals surface area contributed by atoms with Crippen molar-refractivity contribution < 1.29 is 9.59 Å². The van der Waals surface area contributed by atoms with Crippen LogP contribution in [0.15, 0.2) is 41.8 Å². The van der Waals surface area contributed by atoms with Gasteiger partial charge in [-0.05, 0) is 55.7 Å². The largest absolute Gasteiger partial charge is 0.371 e. The third-order valence-electron chi connectivity index (χ3n) is 6.29. The van der Waals surface area contributed by atoms with E-state index in [0.717, 1.165) is 56.4 Å². The molecule has 0 unspecified atom stereocenters. The molecule has 160 valence electrons. The lowest BCUT2D eigenvalue weighted by Crippen LogP contribution is -2.46. The fourth-order valence-electron chi connectivity index (χ4n) is 4.56. The molecule has 2 N–H and O–H groups in total. The summed E-state index contributed by atoms with van der Waals surface area (Å²) in [6.07, 6.45) is 7.15. The number of anilines is 1. The lowest BCUT2D eigenvalue weighted by Gasteiger charge is -2.35. The van der Waals surface area contributed by atoms with E-state index in [2.05, 4.69) is 27.0 Å². The molecule has 2 aromatic rings. The Kier molecular flexibility index (Phi) is 7.05. The first-order valence-electron chi connectivity index (χ1n) is 11.2. The number of piperidine rings is 1. The number of thiophene rings is 1. The summed E-state index contributed by atoms with van der Waals surface area (Å²) in [7, 11) is 0. The van der Waals surface area contributed by atoms with Crippen LogP contribution in [0.1, 0.15) is 53.8 Å². The maximum atomic E-state index is 12.8. The van der Waals surface area contributed by atoms with E-state index in [9.17, 15) is 9.59 Å². The van der Waals surface area contributed by atoms with E-state index >= 15 is 0 Å². The second-order valence-corrected chi connectivity index (χ2v) is 9.39. The van der Waals surface area contributed by atoms with Gasteiger partial charge in [0.05, 0.1) is 5.56 Å². The fraction of sp³-hybridized carbons (Fsp3) is 0.500. The molecule has 0 radical (unpaired) electrons. The fourth-order valence-corrected chi connectivity index (χ4v) is 5.27. The molecule has 0 atom stereocenters. The summed E-state index contributed by atoms with van der Waals surface area (Å²) in [5, 5.41) is 8.40. The lowest BCUT2D eigenvalue weighted by atomic mass is 10.0. The zero-order valence-corrected chi connectivity index (χ0v) is 18.3. The Morgan fingerprint density at radius 3 is 2.50 bits per heavy atom. The Morgan fingerprint density at radius 1 is 1.00 bits per heavy atom. The zero-order valence-electron chi connectivity index (χ0n) is 17.4. The van der Waals surface area contributed by atoms with Crippen molar-refractivity contribution in [2.45, 2.75) is 51.0 Å². The number of para-hydroxylation sites is 1. The van der Waals surface area contributed by atoms with Crippen molar-refractivity contribution in [3.05, 3.63) is 52.2 Å². The average Bonchev–Trinajstić information content (AvgIpc) is 3.49. The van der Waals surface area contributed by atoms with E-state index in [0.29, 0.717) is 6.54 Å². The minimum Gasteiger partial charge on any atom is -0.371 e. The van der Waals surface area contributed by atoms with E-state index in [-0.39, 0.29) is 23.8 Å². The smallest absolute Gasteiger partial charge is 0.253 e. The first kappa shape index (κ1) is 20.9. The number of benzene rings is 1. The van der Waals surface area contributed by atoms with Gasteiger partial charge in [0.25, 0.3) is 5.91 Å². The molecule has 1 aromatic heterocycles. The standard InChI is InChI=1S/C24H31N3O2S/c28-23(18-6-1-2-7-18)26-19-12-15-27(16-13-19)22-10-4-3-9-21(22)24(29)25-14-11-20-8-5-17-30-20/h3-5,8-10,17-19H,1-2,6-7,11-16H2,(H,25,29)(H,26,28). The molecule has 1 saturated carbocycles. The maximum Gasteiger partial charge on any atom is 0.253 e. The average molecular weight is 426 g/mol. The van der Waals surface area contributed by atoms with Gasteiger partial charge in [0.1, 0.15) is 0 Å². The van der Waals surface area contributed by atoms with Gasteiger partial charge in [0, 0.05) is 42.2 Å². The molecule has 2 aliphatic rings. The molecular formula is C24H31N3O2S. The van der Waals surface area contributed by atoms with Crippen molar-refractivity contribution in [1.82, 2.24) is 10.6 Å². The number of hydrogen-bond acceptors (Lipinski definition) is 4. The van der Waals surface area contributed by atoms with Crippen molar-refractivity contribution in [3.63, 3.8) is 0 Å². The van der Waals surface area contributed by atoms with Crippen LogP contribution in [0.5, 0.6) is 0 Å². The van der Waals surface area contributed by atoms with Crippen LogP contribution in [-0.2, 0) is 11.2 Å². The summed E-state index contributed by atoms with van der Waals surface area (Å²) in [5.41, 5.74) is 1.73. The van der Waals surface area contributed by atoms with E-state index in [1.54, 1.807) is 11.3 Å². The Bertz CT molecular complexity index is 838. The monoisotopic (exact) mass is 425 g/mol. The molecule has 6 heteroatoms. The summed E-state index contributed by atoms with van der Waals surface area (Å²) in [4.78, 5) is 28.8. The van der Waals surface area contributed by atoms with Crippen LogP contribution < -0.4 is 15.5 Å². The van der Waals surface area contributed by atoms with Gasteiger partial charge in [0.2, 0.25) is 5.91 Å². The highest BCUT2D eigenvalue weighted by Crippen LogP contribution is 2.27. The van der Waals surface area contributed by atoms with Gasteiger partial charge in [0.15, 0.2) is 0 Å². The number of nitrogens with one attached hydrogen (secondary N) is 2. The molecule has 0 bridgehead atoms. The first-order chi connectivity index (χ1) is 14.7. The molecule has 2 fully saturated rings. The summed E-state index contributed by atoms with van der Waals surface area (Å²) in [5.74, 6) is 0.455. The Morgan fingerprint density at radius 2 is 1.77 bits per heavy atom. The topological polar surface area (TPSA) is 61.4 Å². The summed E-state index contributed by atoms with van der Waals surface area (Å²) in [6, 6.07) is 12.2. The molecule has 2 heterocycles. The molecule has 1 aromatic carbocycles. The Balaban J connectivity index is 1.30. The number of carbonyl (C=O) groups is 2. The Labute approximate surface area is 182 Å². The third kappa shape index (κ3) is 5.22. The lowest BCUT2D eigenvalue weighted by molar-refractivity contribution is -0.125. The molecule has 1 saturated heterocycles. The summed E-state index contributed by atoms with van der Waals surface area (Å²) in [6.45, 7) is 2.35. The molecule has 1 aliphatic carbocycles. The van der Waals surface area contributed by atoms with E-state index < -0.39 is 0 Å². The normalized spacial score (nSPS) is 17.8. The number of rotatable bonds is 7. The number of hydrogen-bond donors (Lipinski definition) is 2. The van der Waals surface area contributed by atoms with Gasteiger partial charge in [-0.2, -0.15) is 0 Å². The van der Waals surface area contributed by atoms with E-state index in [1.165, 1.54) is 17.7 Å². The maximum absolute atomic E-state index is 12.8. The molecule has 2 amide bonds.